The van der Waals surface area contributed by atoms with E-state index < -0.39 is 23.7 Å². The van der Waals surface area contributed by atoms with Crippen molar-refractivity contribution in [1.29, 1.82) is 0 Å². The number of alkyl carbamates (subject to hydrolysis) is 1. The number of amides is 3. The number of fused-ring (bicyclic) bond motifs is 1. The van der Waals surface area contributed by atoms with E-state index in [9.17, 15) is 14.4 Å². The zero-order valence-corrected chi connectivity index (χ0v) is 32.1. The Labute approximate surface area is 318 Å². The van der Waals surface area contributed by atoms with Gasteiger partial charge >= 0.3 is 12.2 Å². The lowest BCUT2D eigenvalue weighted by Gasteiger charge is -2.29. The van der Waals surface area contributed by atoms with E-state index in [2.05, 4.69) is 20.5 Å². The van der Waals surface area contributed by atoms with Crippen molar-refractivity contribution in [3.05, 3.63) is 81.4 Å². The first-order valence-corrected chi connectivity index (χ1v) is 18.0. The lowest BCUT2D eigenvalue weighted by Crippen LogP contribution is -2.40. The summed E-state index contributed by atoms with van der Waals surface area (Å²) < 4.78 is 17.7. The third-order valence-electron chi connectivity index (χ3n) is 9.23. The number of aromatic nitrogens is 3. The fraction of sp³-hybridized carbons (Fsp3) is 0.395. The van der Waals surface area contributed by atoms with Gasteiger partial charge in [0.1, 0.15) is 5.60 Å². The van der Waals surface area contributed by atoms with E-state index in [1.807, 2.05) is 57.2 Å². The lowest BCUT2D eigenvalue weighted by molar-refractivity contribution is 0.0220. The van der Waals surface area contributed by atoms with Crippen LogP contribution in [0.15, 0.2) is 48.5 Å². The lowest BCUT2D eigenvalue weighted by atomic mass is 10.00. The summed E-state index contributed by atoms with van der Waals surface area (Å²) in [5.41, 5.74) is 4.79. The molecule has 13 nitrogen and oxygen atoms in total. The molecule has 0 aliphatic carbocycles. The Bertz CT molecular complexity index is 2050. The van der Waals surface area contributed by atoms with E-state index in [0.29, 0.717) is 75.7 Å². The smallest absolute Gasteiger partial charge is 0.410 e. The van der Waals surface area contributed by atoms with Gasteiger partial charge in [0.15, 0.2) is 5.82 Å². The highest BCUT2D eigenvalue weighted by Gasteiger charge is 2.31. The maximum Gasteiger partial charge on any atom is 0.410 e. The molecule has 280 valence electrons. The minimum atomic E-state index is -0.617. The van der Waals surface area contributed by atoms with Gasteiger partial charge in [-0.2, -0.15) is 0 Å². The van der Waals surface area contributed by atoms with Crippen molar-refractivity contribution in [3.63, 3.8) is 0 Å². The van der Waals surface area contributed by atoms with Gasteiger partial charge in [-0.05, 0) is 39.3 Å². The highest BCUT2D eigenvalue weighted by atomic mass is 35.5. The van der Waals surface area contributed by atoms with Crippen LogP contribution in [0.1, 0.15) is 54.8 Å². The van der Waals surface area contributed by atoms with Crippen molar-refractivity contribution in [2.24, 2.45) is 7.05 Å². The predicted molar refractivity (Wildman–Crippen MR) is 202 cm³/mol. The maximum absolute atomic E-state index is 13.6. The number of methoxy groups -OCH3 is 2. The van der Waals surface area contributed by atoms with E-state index in [1.165, 1.54) is 7.11 Å². The standard InChI is InChI=1S/C38H43Cl2N7O6/c1-38(2,3)53-37(50)47-18-16-30-29(21-47)42-33(45(30)4)34(48)43-28-12-8-10-25(32(28)40)24-9-7-11-26(31(24)39)27-14-13-22(35(44-27)51-5)19-46-17-15-23(20-46)41-36(49)52-6/h7-14,23H,15-21H2,1-6H3,(H,41,49)(H,43,48)/t23-/m1/s1. The molecule has 1 saturated heterocycles. The van der Waals surface area contributed by atoms with Gasteiger partial charge in [-0.3, -0.25) is 9.69 Å². The van der Waals surface area contributed by atoms with Crippen LogP contribution in [-0.2, 0) is 36.0 Å². The molecule has 2 N–H and O–H groups in total. The number of carbonyl (C=O) groups excluding carboxylic acids is 3. The third kappa shape index (κ3) is 8.37. The van der Waals surface area contributed by atoms with Gasteiger partial charge in [-0.25, -0.2) is 19.6 Å². The molecular formula is C38H43Cl2N7O6. The number of nitrogens with zero attached hydrogens (tertiary/aromatic N) is 5. The Balaban J connectivity index is 1.19. The van der Waals surface area contributed by atoms with Crippen LogP contribution >= 0.6 is 23.2 Å². The van der Waals surface area contributed by atoms with Crippen LogP contribution in [0.4, 0.5) is 15.3 Å². The van der Waals surface area contributed by atoms with E-state index in [-0.39, 0.29) is 18.4 Å². The molecule has 0 saturated carbocycles. The number of benzene rings is 2. The molecule has 0 radical (unpaired) electrons. The molecule has 1 fully saturated rings. The molecule has 2 aromatic heterocycles. The molecule has 0 unspecified atom stereocenters. The number of imidazole rings is 1. The first kappa shape index (κ1) is 37.9. The van der Waals surface area contributed by atoms with Crippen LogP contribution in [0.5, 0.6) is 5.88 Å². The molecule has 4 aromatic rings. The molecule has 3 amide bonds. The van der Waals surface area contributed by atoms with Crippen LogP contribution < -0.4 is 15.4 Å². The number of pyridine rings is 1. The SMILES string of the molecule is COC(=O)N[C@@H]1CCN(Cc2ccc(-c3cccc(-c4cccc(NC(=O)c5nc6c(n5C)CCN(C(=O)OC(C)(C)C)C6)c4Cl)c3Cl)nc2OC)C1. The molecule has 6 rings (SSSR count). The number of ether oxygens (including phenoxy) is 3. The second-order valence-corrected chi connectivity index (χ2v) is 14.8. The molecule has 2 aromatic carbocycles. The topological polar surface area (TPSA) is 140 Å². The first-order valence-electron chi connectivity index (χ1n) is 17.3. The summed E-state index contributed by atoms with van der Waals surface area (Å²) >= 11 is 14.0. The highest BCUT2D eigenvalue weighted by Crippen LogP contribution is 2.41. The quantitative estimate of drug-likeness (QED) is 0.195. The average molecular weight is 765 g/mol. The van der Waals surface area contributed by atoms with Gasteiger partial charge in [0.2, 0.25) is 5.88 Å². The van der Waals surface area contributed by atoms with Crippen LogP contribution in [0, 0.1) is 0 Å². The highest BCUT2D eigenvalue weighted by molar-refractivity contribution is 6.39. The molecule has 4 heterocycles. The van der Waals surface area contributed by atoms with Crippen molar-refractivity contribution in [2.45, 2.75) is 58.3 Å². The second-order valence-electron chi connectivity index (χ2n) is 14.0. The Morgan fingerprint density at radius 2 is 1.66 bits per heavy atom. The van der Waals surface area contributed by atoms with E-state index >= 15 is 0 Å². The van der Waals surface area contributed by atoms with Crippen molar-refractivity contribution in [3.8, 4) is 28.3 Å². The van der Waals surface area contributed by atoms with Gasteiger partial charge in [0.25, 0.3) is 5.91 Å². The second kappa shape index (κ2) is 15.6. The van der Waals surface area contributed by atoms with Gasteiger partial charge < -0.3 is 34.3 Å². The van der Waals surface area contributed by atoms with E-state index in [0.717, 1.165) is 24.2 Å². The summed E-state index contributed by atoms with van der Waals surface area (Å²) in [6.45, 7) is 8.27. The molecule has 2 aliphatic heterocycles. The summed E-state index contributed by atoms with van der Waals surface area (Å²) in [6, 6.07) is 14.8. The summed E-state index contributed by atoms with van der Waals surface area (Å²) in [4.78, 5) is 51.2. The molecule has 15 heteroatoms. The molecule has 53 heavy (non-hydrogen) atoms. The summed E-state index contributed by atoms with van der Waals surface area (Å²) in [6.07, 6.45) is 0.506. The Hall–Kier alpha value is -4.85. The minimum Gasteiger partial charge on any atom is -0.481 e. The van der Waals surface area contributed by atoms with Crippen LogP contribution in [0.2, 0.25) is 10.0 Å². The van der Waals surface area contributed by atoms with Gasteiger partial charge in [0, 0.05) is 73.6 Å². The number of rotatable bonds is 8. The van der Waals surface area contributed by atoms with Crippen LogP contribution in [-0.4, -0.2) is 87.9 Å². The monoisotopic (exact) mass is 763 g/mol. The van der Waals surface area contributed by atoms with E-state index in [4.69, 9.17) is 42.4 Å². The van der Waals surface area contributed by atoms with Gasteiger partial charge in [0.05, 0.1) is 47.9 Å². The predicted octanol–water partition coefficient (Wildman–Crippen LogP) is 6.94. The molecular weight excluding hydrogens is 721 g/mol. The third-order valence-corrected chi connectivity index (χ3v) is 10.0. The fourth-order valence-electron chi connectivity index (χ4n) is 6.64. The molecule has 2 aliphatic rings. The molecule has 0 spiro atoms. The van der Waals surface area contributed by atoms with Crippen molar-refractivity contribution in [1.82, 2.24) is 29.7 Å². The average Bonchev–Trinajstić information content (AvgIpc) is 3.71. The number of anilines is 1. The normalized spacial score (nSPS) is 15.8. The number of carbonyl (C=O) groups is 3. The zero-order chi connectivity index (χ0) is 38.0. The van der Waals surface area contributed by atoms with E-state index in [1.54, 1.807) is 35.8 Å². The Morgan fingerprint density at radius 1 is 0.943 bits per heavy atom. The Kier molecular flexibility index (Phi) is 11.2. The fourth-order valence-corrected chi connectivity index (χ4v) is 7.24. The number of nitrogens with one attached hydrogen (secondary N) is 2. The van der Waals surface area contributed by atoms with Gasteiger partial charge in [-0.1, -0.05) is 59.6 Å². The largest absolute Gasteiger partial charge is 0.481 e. The number of hydrogen-bond acceptors (Lipinski definition) is 9. The number of hydrogen-bond donors (Lipinski definition) is 2. The van der Waals surface area contributed by atoms with Crippen molar-refractivity contribution >= 4 is 47.0 Å². The van der Waals surface area contributed by atoms with Crippen LogP contribution in [0.25, 0.3) is 22.4 Å². The minimum absolute atomic E-state index is 0.0136. The number of halogens is 2. The summed E-state index contributed by atoms with van der Waals surface area (Å²) in [5, 5.41) is 6.52. The van der Waals surface area contributed by atoms with Crippen molar-refractivity contribution < 1.29 is 28.6 Å². The first-order chi connectivity index (χ1) is 25.3. The number of likely N-dealkylation sites (tertiary alicyclic amines) is 1. The maximum atomic E-state index is 13.6. The summed E-state index contributed by atoms with van der Waals surface area (Å²) in [5.74, 6) is 0.239. The zero-order valence-electron chi connectivity index (χ0n) is 30.6. The van der Waals surface area contributed by atoms with Crippen molar-refractivity contribution in [2.75, 3.05) is 39.2 Å². The molecule has 1 atom stereocenters. The van der Waals surface area contributed by atoms with Crippen LogP contribution in [0.3, 0.4) is 0 Å². The molecule has 0 bridgehead atoms. The van der Waals surface area contributed by atoms with Gasteiger partial charge in [-0.15, -0.1) is 0 Å². The Morgan fingerprint density at radius 3 is 2.38 bits per heavy atom. The summed E-state index contributed by atoms with van der Waals surface area (Å²) in [7, 11) is 4.72.